The molecule has 0 saturated heterocycles. The molecule has 0 aliphatic rings. The topological polar surface area (TPSA) is 75.2 Å². The Morgan fingerprint density at radius 1 is 1.20 bits per heavy atom. The Hall–Kier alpha value is -1.63. The number of nitrogens with one attached hydrogen (secondary N) is 2. The van der Waals surface area contributed by atoms with Gasteiger partial charge in [-0.2, -0.15) is 15.0 Å². The molecule has 0 unspecified atom stereocenters. The lowest BCUT2D eigenvalue weighted by Gasteiger charge is -2.12. The van der Waals surface area contributed by atoms with Gasteiger partial charge in [0.15, 0.2) is 0 Å². The van der Waals surface area contributed by atoms with Gasteiger partial charge in [-0.05, 0) is 6.92 Å². The molecule has 7 nitrogen and oxygen atoms in total. The fourth-order valence-corrected chi connectivity index (χ4v) is 0.935. The molecule has 0 saturated carbocycles. The van der Waals surface area contributed by atoms with Crippen molar-refractivity contribution in [2.75, 3.05) is 38.5 Å². The van der Waals surface area contributed by atoms with Gasteiger partial charge in [0.25, 0.3) is 0 Å². The highest BCUT2D eigenvalue weighted by atomic mass is 16.5. The van der Waals surface area contributed by atoms with Gasteiger partial charge in [-0.3, -0.25) is 5.43 Å². The maximum atomic E-state index is 4.96. The predicted octanol–water partition coefficient (Wildman–Crippen LogP) is 0.200. The van der Waals surface area contributed by atoms with Gasteiger partial charge >= 0.3 is 6.01 Å². The van der Waals surface area contributed by atoms with E-state index in [4.69, 9.17) is 4.74 Å². The molecular formula is C8H16N6O. The van der Waals surface area contributed by atoms with E-state index in [1.165, 1.54) is 7.11 Å². The molecule has 7 heteroatoms. The van der Waals surface area contributed by atoms with Crippen LogP contribution in [0, 0.1) is 0 Å². The molecule has 0 bridgehead atoms. The van der Waals surface area contributed by atoms with E-state index >= 15 is 0 Å². The normalized spacial score (nSPS) is 10.2. The van der Waals surface area contributed by atoms with Gasteiger partial charge < -0.3 is 10.1 Å². The third-order valence-electron chi connectivity index (χ3n) is 1.46. The van der Waals surface area contributed by atoms with Crippen LogP contribution in [0.25, 0.3) is 0 Å². The first-order valence-corrected chi connectivity index (χ1v) is 4.63. The maximum absolute atomic E-state index is 4.96. The number of methoxy groups -OCH3 is 1. The highest BCUT2D eigenvalue weighted by Crippen LogP contribution is 2.10. The van der Waals surface area contributed by atoms with Gasteiger partial charge in [-0.25, -0.2) is 5.01 Å². The standard InChI is InChI=1S/C8H16N6O/c1-5-9-6-10-7(13-14(2)3)12-8(11-6)15-4/h5H2,1-4H3,(H2,9,10,11,12,13). The van der Waals surface area contributed by atoms with Crippen molar-refractivity contribution >= 4 is 11.9 Å². The summed E-state index contributed by atoms with van der Waals surface area (Å²) < 4.78 is 4.96. The van der Waals surface area contributed by atoms with Crippen LogP contribution >= 0.6 is 0 Å². The number of rotatable bonds is 5. The highest BCUT2D eigenvalue weighted by Gasteiger charge is 2.05. The molecule has 0 aliphatic carbocycles. The number of aromatic nitrogens is 3. The largest absolute Gasteiger partial charge is 0.467 e. The Morgan fingerprint density at radius 2 is 1.87 bits per heavy atom. The summed E-state index contributed by atoms with van der Waals surface area (Å²) in [6.45, 7) is 2.71. The van der Waals surface area contributed by atoms with Gasteiger partial charge in [-0.15, -0.1) is 0 Å². The lowest BCUT2D eigenvalue weighted by atomic mass is 10.7. The molecule has 0 amide bonds. The minimum absolute atomic E-state index is 0.283. The van der Waals surface area contributed by atoms with Crippen LogP contribution in [-0.4, -0.2) is 47.7 Å². The van der Waals surface area contributed by atoms with Crippen molar-refractivity contribution in [1.29, 1.82) is 0 Å². The minimum atomic E-state index is 0.283. The summed E-state index contributed by atoms with van der Waals surface area (Å²) in [5, 5.41) is 4.74. The van der Waals surface area contributed by atoms with Gasteiger partial charge in [0, 0.05) is 20.6 Å². The molecule has 0 aromatic carbocycles. The molecule has 1 heterocycles. The minimum Gasteiger partial charge on any atom is -0.467 e. The number of nitrogens with zero attached hydrogens (tertiary/aromatic N) is 4. The average molecular weight is 212 g/mol. The van der Waals surface area contributed by atoms with Crippen molar-refractivity contribution in [1.82, 2.24) is 20.0 Å². The fraction of sp³-hybridized carbons (Fsp3) is 0.625. The number of hydrogen-bond donors (Lipinski definition) is 2. The van der Waals surface area contributed by atoms with Crippen molar-refractivity contribution in [2.24, 2.45) is 0 Å². The summed E-state index contributed by atoms with van der Waals surface area (Å²) in [6.07, 6.45) is 0. The zero-order chi connectivity index (χ0) is 11.3. The molecule has 2 N–H and O–H groups in total. The van der Waals surface area contributed by atoms with Gasteiger partial charge in [0.2, 0.25) is 11.9 Å². The quantitative estimate of drug-likeness (QED) is 0.675. The summed E-state index contributed by atoms with van der Waals surface area (Å²) in [6, 6.07) is 0.283. The molecule has 0 spiro atoms. The maximum Gasteiger partial charge on any atom is 0.322 e. The first-order chi connectivity index (χ1) is 7.15. The molecular weight excluding hydrogens is 196 g/mol. The molecule has 1 aromatic rings. The molecule has 84 valence electrons. The first-order valence-electron chi connectivity index (χ1n) is 4.63. The average Bonchev–Trinajstić information content (AvgIpc) is 2.16. The second-order valence-electron chi connectivity index (χ2n) is 3.01. The summed E-state index contributed by atoms with van der Waals surface area (Å²) in [4.78, 5) is 12.2. The Morgan fingerprint density at radius 3 is 2.40 bits per heavy atom. The molecule has 0 radical (unpaired) electrons. The smallest absolute Gasteiger partial charge is 0.322 e. The van der Waals surface area contributed by atoms with E-state index in [9.17, 15) is 0 Å². The van der Waals surface area contributed by atoms with Crippen molar-refractivity contribution in [2.45, 2.75) is 6.92 Å². The van der Waals surface area contributed by atoms with Gasteiger partial charge in [0.1, 0.15) is 0 Å². The molecule has 1 aromatic heterocycles. The Labute approximate surface area is 88.9 Å². The Balaban J connectivity index is 2.89. The van der Waals surface area contributed by atoms with Crippen molar-refractivity contribution in [3.8, 4) is 6.01 Å². The summed E-state index contributed by atoms with van der Waals surface area (Å²) >= 11 is 0. The number of hydrogen-bond acceptors (Lipinski definition) is 7. The van der Waals surface area contributed by atoms with Crippen LogP contribution in [0.1, 0.15) is 6.92 Å². The zero-order valence-electron chi connectivity index (χ0n) is 9.40. The van der Waals surface area contributed by atoms with Crippen LogP contribution < -0.4 is 15.5 Å². The summed E-state index contributed by atoms with van der Waals surface area (Å²) in [5.41, 5.74) is 2.93. The van der Waals surface area contributed by atoms with Crippen LogP contribution in [0.5, 0.6) is 6.01 Å². The SMILES string of the molecule is CCNc1nc(NN(C)C)nc(OC)n1. The van der Waals surface area contributed by atoms with E-state index in [0.717, 1.165) is 6.54 Å². The molecule has 0 aliphatic heterocycles. The summed E-state index contributed by atoms with van der Waals surface area (Å²) in [7, 11) is 5.22. The van der Waals surface area contributed by atoms with E-state index in [1.54, 1.807) is 5.01 Å². The molecule has 1 rings (SSSR count). The van der Waals surface area contributed by atoms with Crippen LogP contribution in [-0.2, 0) is 0 Å². The van der Waals surface area contributed by atoms with Gasteiger partial charge in [0.05, 0.1) is 7.11 Å². The highest BCUT2D eigenvalue weighted by molar-refractivity contribution is 5.34. The number of hydrazine groups is 1. The Kier molecular flexibility index (Phi) is 4.04. The van der Waals surface area contributed by atoms with E-state index < -0.39 is 0 Å². The third kappa shape index (κ3) is 3.55. The molecule has 15 heavy (non-hydrogen) atoms. The monoisotopic (exact) mass is 212 g/mol. The van der Waals surface area contributed by atoms with Crippen LogP contribution in [0.3, 0.4) is 0 Å². The van der Waals surface area contributed by atoms with Gasteiger partial charge in [-0.1, -0.05) is 0 Å². The fourth-order valence-electron chi connectivity index (χ4n) is 0.935. The first kappa shape index (κ1) is 11.4. The lowest BCUT2D eigenvalue weighted by molar-refractivity contribution is 0.377. The zero-order valence-corrected chi connectivity index (χ0v) is 9.40. The second kappa shape index (κ2) is 5.30. The number of anilines is 2. The second-order valence-corrected chi connectivity index (χ2v) is 3.01. The Bertz CT molecular complexity index is 316. The van der Waals surface area contributed by atoms with Crippen LogP contribution in [0.15, 0.2) is 0 Å². The van der Waals surface area contributed by atoms with Crippen molar-refractivity contribution in [3.05, 3.63) is 0 Å². The molecule has 0 atom stereocenters. The van der Waals surface area contributed by atoms with Crippen LogP contribution in [0.2, 0.25) is 0 Å². The van der Waals surface area contributed by atoms with E-state index in [1.807, 2.05) is 21.0 Å². The molecule has 0 fully saturated rings. The van der Waals surface area contributed by atoms with Crippen molar-refractivity contribution in [3.63, 3.8) is 0 Å². The summed E-state index contributed by atoms with van der Waals surface area (Å²) in [5.74, 6) is 0.941. The lowest BCUT2D eigenvalue weighted by Crippen LogP contribution is -2.22. The van der Waals surface area contributed by atoms with Crippen molar-refractivity contribution < 1.29 is 4.74 Å². The van der Waals surface area contributed by atoms with E-state index in [-0.39, 0.29) is 6.01 Å². The predicted molar refractivity (Wildman–Crippen MR) is 57.9 cm³/mol. The van der Waals surface area contributed by atoms with E-state index in [0.29, 0.717) is 11.9 Å². The number of ether oxygens (including phenoxy) is 1. The van der Waals surface area contributed by atoms with E-state index in [2.05, 4.69) is 25.7 Å². The third-order valence-corrected chi connectivity index (χ3v) is 1.46. The van der Waals surface area contributed by atoms with Crippen LogP contribution in [0.4, 0.5) is 11.9 Å².